The van der Waals surface area contributed by atoms with Crippen molar-refractivity contribution in [2.24, 2.45) is 11.8 Å². The zero-order chi connectivity index (χ0) is 34.5. The lowest BCUT2D eigenvalue weighted by atomic mass is 9.95. The van der Waals surface area contributed by atoms with Crippen molar-refractivity contribution in [1.29, 1.82) is 0 Å². The number of nitrogens with zero attached hydrogens (tertiary/aromatic N) is 3. The second-order valence-electron chi connectivity index (χ2n) is 14.1. The summed E-state index contributed by atoms with van der Waals surface area (Å²) in [4.78, 5) is 89.2. The quantitative estimate of drug-likeness (QED) is 0.422. The molecule has 0 saturated carbocycles. The van der Waals surface area contributed by atoms with Crippen LogP contribution < -0.4 is 16.0 Å². The maximum absolute atomic E-state index is 14.3. The van der Waals surface area contributed by atoms with Crippen LogP contribution in [0.5, 0.6) is 0 Å². The molecule has 4 aliphatic heterocycles. The highest BCUT2D eigenvalue weighted by molar-refractivity contribution is 5.99. The van der Waals surface area contributed by atoms with Gasteiger partial charge in [0.1, 0.15) is 36.3 Å². The van der Waals surface area contributed by atoms with Crippen molar-refractivity contribution in [2.45, 2.75) is 122 Å². The number of hydrogen-bond acceptors (Lipinski definition) is 6. The smallest absolute Gasteiger partial charge is 0.246 e. The molecule has 1 aromatic carbocycles. The van der Waals surface area contributed by atoms with Crippen molar-refractivity contribution < 1.29 is 28.8 Å². The Labute approximate surface area is 283 Å². The normalized spacial score (nSPS) is 30.5. The number of nitrogens with one attached hydrogen (secondary N) is 3. The van der Waals surface area contributed by atoms with Gasteiger partial charge < -0.3 is 30.7 Å². The van der Waals surface area contributed by atoms with Crippen LogP contribution in [0.3, 0.4) is 0 Å². The van der Waals surface area contributed by atoms with Crippen LogP contribution in [-0.4, -0.2) is 106 Å². The number of hydrogen-bond donors (Lipinski definition) is 3. The van der Waals surface area contributed by atoms with E-state index in [1.54, 1.807) is 9.80 Å². The van der Waals surface area contributed by atoms with E-state index in [1.165, 1.54) is 4.90 Å². The summed E-state index contributed by atoms with van der Waals surface area (Å²) in [5.74, 6) is -2.73. The molecule has 0 spiro atoms. The van der Waals surface area contributed by atoms with Crippen molar-refractivity contribution in [3.63, 3.8) is 0 Å². The van der Waals surface area contributed by atoms with E-state index in [9.17, 15) is 28.8 Å². The lowest BCUT2D eigenvalue weighted by Gasteiger charge is -2.36. The fourth-order valence-electron chi connectivity index (χ4n) is 7.66. The van der Waals surface area contributed by atoms with Crippen molar-refractivity contribution >= 4 is 35.4 Å². The van der Waals surface area contributed by atoms with Gasteiger partial charge in [-0.2, -0.15) is 0 Å². The molecule has 6 amide bonds. The minimum atomic E-state index is -0.978. The third kappa shape index (κ3) is 7.37. The number of amides is 6. The highest BCUT2D eigenvalue weighted by Gasteiger charge is 2.46. The van der Waals surface area contributed by atoms with Crippen molar-refractivity contribution in [3.05, 3.63) is 35.9 Å². The van der Waals surface area contributed by atoms with Crippen LogP contribution in [0.2, 0.25) is 0 Å². The predicted molar refractivity (Wildman–Crippen MR) is 179 cm³/mol. The Balaban J connectivity index is 1.54. The van der Waals surface area contributed by atoms with Crippen molar-refractivity contribution in [2.75, 3.05) is 19.6 Å². The summed E-state index contributed by atoms with van der Waals surface area (Å²) in [5, 5.41) is 8.90. The van der Waals surface area contributed by atoms with E-state index in [-0.39, 0.29) is 41.9 Å². The molecule has 4 saturated heterocycles. The lowest BCUT2D eigenvalue weighted by Crippen LogP contribution is -2.62. The maximum Gasteiger partial charge on any atom is 0.246 e. The number of fused-ring (bicyclic) bond motifs is 3. The van der Waals surface area contributed by atoms with Gasteiger partial charge in [-0.3, -0.25) is 28.8 Å². The van der Waals surface area contributed by atoms with E-state index in [0.29, 0.717) is 71.0 Å². The number of rotatable bonds is 6. The maximum atomic E-state index is 14.3. The van der Waals surface area contributed by atoms with E-state index in [4.69, 9.17) is 0 Å². The molecule has 1 aromatic rings. The monoisotopic (exact) mass is 664 g/mol. The Bertz CT molecular complexity index is 1370. The molecule has 262 valence electrons. The molecule has 5 rings (SSSR count). The molecule has 8 atom stereocenters. The first-order valence-electron chi connectivity index (χ1n) is 17.9. The molecule has 0 radical (unpaired) electrons. The standard InChI is InChI=1S/C36H52N6O6/c1-5-22(3)29-33(45)37-25(21-24-13-8-7-9-14-24)34(46)42-20-12-17-28(42)35(47)40-18-10-15-26(40)32(44)39-30(23(4)6-2)36(48)41-19-11-16-27(41)31(43)38-29/h7-9,13-14,22-23,25-30H,5-6,10-12,15-21H2,1-4H3,(H,37,45)(H,38,43)(H,39,44)/t22-,23-,25-,26-,27-,28-,29-,30-/m0/s1. The summed E-state index contributed by atoms with van der Waals surface area (Å²) in [6.07, 6.45) is 4.62. The van der Waals surface area contributed by atoms with Gasteiger partial charge >= 0.3 is 0 Å². The summed E-state index contributed by atoms with van der Waals surface area (Å²) >= 11 is 0. The van der Waals surface area contributed by atoms with Crippen LogP contribution in [-0.2, 0) is 35.2 Å². The van der Waals surface area contributed by atoms with E-state index in [1.807, 2.05) is 58.0 Å². The Morgan fingerprint density at radius 2 is 1.08 bits per heavy atom. The molecule has 4 fully saturated rings. The average Bonchev–Trinajstić information content (AvgIpc) is 3.89. The molecular weight excluding hydrogens is 612 g/mol. The summed E-state index contributed by atoms with van der Waals surface area (Å²) in [7, 11) is 0. The first-order chi connectivity index (χ1) is 23.0. The zero-order valence-corrected chi connectivity index (χ0v) is 28.8. The van der Waals surface area contributed by atoms with Gasteiger partial charge in [0, 0.05) is 26.1 Å². The van der Waals surface area contributed by atoms with Crippen molar-refractivity contribution in [3.8, 4) is 0 Å². The summed E-state index contributed by atoms with van der Waals surface area (Å²) in [6, 6.07) is 4.27. The van der Waals surface area contributed by atoms with Crippen LogP contribution in [0.25, 0.3) is 0 Å². The topological polar surface area (TPSA) is 148 Å². The van der Waals surface area contributed by atoms with E-state index < -0.39 is 48.1 Å². The Hall–Kier alpha value is -3.96. The zero-order valence-electron chi connectivity index (χ0n) is 28.8. The first-order valence-corrected chi connectivity index (χ1v) is 17.9. The third-order valence-electron chi connectivity index (χ3n) is 11.0. The Morgan fingerprint density at radius 1 is 0.604 bits per heavy atom. The fourth-order valence-corrected chi connectivity index (χ4v) is 7.66. The van der Waals surface area contributed by atoms with Gasteiger partial charge in [0.05, 0.1) is 0 Å². The molecule has 0 aliphatic carbocycles. The van der Waals surface area contributed by atoms with Gasteiger partial charge in [0.15, 0.2) is 0 Å². The minimum Gasteiger partial charge on any atom is -0.342 e. The summed E-state index contributed by atoms with van der Waals surface area (Å²) in [6.45, 7) is 8.74. The molecule has 3 N–H and O–H groups in total. The van der Waals surface area contributed by atoms with Crippen molar-refractivity contribution in [1.82, 2.24) is 30.7 Å². The second kappa shape index (κ2) is 15.5. The molecule has 0 aromatic heterocycles. The van der Waals surface area contributed by atoms with E-state index in [2.05, 4.69) is 16.0 Å². The largest absolute Gasteiger partial charge is 0.342 e. The number of benzene rings is 1. The van der Waals surface area contributed by atoms with Crippen LogP contribution in [0.4, 0.5) is 0 Å². The van der Waals surface area contributed by atoms with E-state index in [0.717, 1.165) is 5.56 Å². The molecular formula is C36H52N6O6. The Kier molecular flexibility index (Phi) is 11.4. The predicted octanol–water partition coefficient (Wildman–Crippen LogP) is 1.76. The van der Waals surface area contributed by atoms with Crippen LogP contribution in [0.1, 0.15) is 84.6 Å². The molecule has 12 heteroatoms. The lowest BCUT2D eigenvalue weighted by molar-refractivity contribution is -0.149. The molecule has 12 nitrogen and oxygen atoms in total. The molecule has 48 heavy (non-hydrogen) atoms. The van der Waals surface area contributed by atoms with Crippen LogP contribution >= 0.6 is 0 Å². The highest BCUT2D eigenvalue weighted by Crippen LogP contribution is 2.28. The van der Waals surface area contributed by atoms with Gasteiger partial charge in [-0.15, -0.1) is 0 Å². The van der Waals surface area contributed by atoms with Gasteiger partial charge in [-0.1, -0.05) is 70.9 Å². The summed E-state index contributed by atoms with van der Waals surface area (Å²) < 4.78 is 0. The van der Waals surface area contributed by atoms with Gasteiger partial charge in [0.2, 0.25) is 35.4 Å². The van der Waals surface area contributed by atoms with Crippen LogP contribution in [0, 0.1) is 11.8 Å². The highest BCUT2D eigenvalue weighted by atomic mass is 16.2. The minimum absolute atomic E-state index is 0.209. The molecule has 4 aliphatic rings. The average molecular weight is 665 g/mol. The SMILES string of the molecule is CC[C@H](C)[C@@H]1NC(=O)[C@@H]2CCCN2C(=O)[C@H]([C@@H](C)CC)NC(=O)[C@@H]2CCCN2C(=O)[C@@H]2CCCN2C(=O)[C@H](Cc2ccccc2)NC1=O. The first kappa shape index (κ1) is 35.3. The van der Waals surface area contributed by atoms with Gasteiger partial charge in [0.25, 0.3) is 0 Å². The molecule has 4 heterocycles. The second-order valence-corrected chi connectivity index (χ2v) is 14.1. The third-order valence-corrected chi connectivity index (χ3v) is 11.0. The Morgan fingerprint density at radius 3 is 1.65 bits per heavy atom. The number of carbonyl (C=O) groups excluding carboxylic acids is 6. The fraction of sp³-hybridized carbons (Fsp3) is 0.667. The van der Waals surface area contributed by atoms with Gasteiger partial charge in [-0.25, -0.2) is 0 Å². The van der Waals surface area contributed by atoms with Gasteiger partial charge in [-0.05, 0) is 55.9 Å². The molecule has 0 bridgehead atoms. The van der Waals surface area contributed by atoms with E-state index >= 15 is 0 Å². The molecule has 0 unspecified atom stereocenters. The summed E-state index contributed by atoms with van der Waals surface area (Å²) in [5.41, 5.74) is 0.844. The number of carbonyl (C=O) groups is 6. The van der Waals surface area contributed by atoms with Crippen LogP contribution in [0.15, 0.2) is 30.3 Å².